The highest BCUT2D eigenvalue weighted by Crippen LogP contribution is 2.15. The summed E-state index contributed by atoms with van der Waals surface area (Å²) in [5, 5.41) is 3.19. The van der Waals surface area contributed by atoms with Gasteiger partial charge in [-0.05, 0) is 12.1 Å². The van der Waals surface area contributed by atoms with Crippen LogP contribution >= 0.6 is 0 Å². The Balaban J connectivity index is 2.39. The van der Waals surface area contributed by atoms with Crippen molar-refractivity contribution in [1.82, 2.24) is 14.9 Å². The minimum absolute atomic E-state index is 0.512. The first kappa shape index (κ1) is 11.0. The first-order valence-electron chi connectivity index (χ1n) is 5.91. The Morgan fingerprint density at radius 1 is 1.17 bits per heavy atom. The Morgan fingerprint density at radius 2 is 2.00 bits per heavy atom. The summed E-state index contributed by atoms with van der Waals surface area (Å²) in [6.45, 7) is 1.54. The third-order valence-electron chi connectivity index (χ3n) is 3.12. The molecule has 0 spiro atoms. The number of nitrogens with zero attached hydrogens (tertiary/aromatic N) is 1. The summed E-state index contributed by atoms with van der Waals surface area (Å²) >= 11 is 0. The van der Waals surface area contributed by atoms with Gasteiger partial charge in [0.25, 0.3) is 0 Å². The van der Waals surface area contributed by atoms with Crippen LogP contribution < -0.4 is 16.4 Å². The molecule has 0 aliphatic carbocycles. The van der Waals surface area contributed by atoms with Crippen LogP contribution in [-0.2, 0) is 0 Å². The van der Waals surface area contributed by atoms with E-state index in [1.165, 1.54) is 4.57 Å². The van der Waals surface area contributed by atoms with Crippen molar-refractivity contribution in [2.75, 3.05) is 13.1 Å². The van der Waals surface area contributed by atoms with Gasteiger partial charge in [-0.25, -0.2) is 0 Å². The molecule has 3 rings (SSSR count). The minimum atomic E-state index is -0.576. The number of para-hydroxylation sites is 2. The van der Waals surface area contributed by atoms with E-state index in [1.807, 2.05) is 24.3 Å². The molecule has 0 saturated heterocycles. The average Bonchev–Trinajstić information content (AvgIpc) is 2.41. The Labute approximate surface area is 103 Å². The summed E-state index contributed by atoms with van der Waals surface area (Å²) in [6.07, 6.45) is 2.70. The van der Waals surface area contributed by atoms with Gasteiger partial charge >= 0.3 is 11.1 Å². The maximum absolute atomic E-state index is 12.0. The SMILES string of the molecule is O=c1[nH]c2ccccc2n(C2=CCNCC2)c1=O. The predicted octanol–water partition coefficient (Wildman–Crippen LogP) is 0.524. The second-order valence-electron chi connectivity index (χ2n) is 4.26. The van der Waals surface area contributed by atoms with Gasteiger partial charge in [0.05, 0.1) is 11.0 Å². The first-order valence-corrected chi connectivity index (χ1v) is 5.91. The largest absolute Gasteiger partial charge is 0.321 e. The van der Waals surface area contributed by atoms with Gasteiger partial charge in [-0.15, -0.1) is 0 Å². The van der Waals surface area contributed by atoms with Gasteiger partial charge < -0.3 is 10.3 Å². The van der Waals surface area contributed by atoms with E-state index < -0.39 is 11.1 Å². The van der Waals surface area contributed by atoms with Crippen molar-refractivity contribution in [2.45, 2.75) is 6.42 Å². The van der Waals surface area contributed by atoms with E-state index in [4.69, 9.17) is 0 Å². The quantitative estimate of drug-likeness (QED) is 0.718. The zero-order chi connectivity index (χ0) is 12.5. The number of nitrogens with one attached hydrogen (secondary N) is 2. The van der Waals surface area contributed by atoms with Gasteiger partial charge in [-0.1, -0.05) is 18.2 Å². The second kappa shape index (κ2) is 4.27. The third kappa shape index (κ3) is 1.69. The molecule has 1 aromatic carbocycles. The molecule has 5 heteroatoms. The molecule has 92 valence electrons. The molecule has 0 bridgehead atoms. The molecule has 18 heavy (non-hydrogen) atoms. The van der Waals surface area contributed by atoms with Gasteiger partial charge in [0.15, 0.2) is 0 Å². The predicted molar refractivity (Wildman–Crippen MR) is 70.6 cm³/mol. The maximum Gasteiger partial charge on any atom is 0.321 e. The van der Waals surface area contributed by atoms with E-state index in [0.717, 1.165) is 30.7 Å². The molecule has 0 unspecified atom stereocenters. The number of aromatic amines is 1. The molecule has 5 nitrogen and oxygen atoms in total. The standard InChI is InChI=1S/C13H13N3O2/c17-12-13(18)16(9-5-7-14-8-6-9)11-4-2-1-3-10(11)15-12/h1-5,14H,6-8H2,(H,15,17). The van der Waals surface area contributed by atoms with Crippen LogP contribution in [0.2, 0.25) is 0 Å². The molecular weight excluding hydrogens is 230 g/mol. The van der Waals surface area contributed by atoms with Crippen molar-refractivity contribution < 1.29 is 0 Å². The summed E-state index contributed by atoms with van der Waals surface area (Å²) in [5.41, 5.74) is 1.23. The van der Waals surface area contributed by atoms with Crippen molar-refractivity contribution in [3.8, 4) is 0 Å². The molecule has 0 fully saturated rings. The van der Waals surface area contributed by atoms with Crippen molar-refractivity contribution in [3.05, 3.63) is 51.0 Å². The van der Waals surface area contributed by atoms with E-state index in [1.54, 1.807) is 6.07 Å². The van der Waals surface area contributed by atoms with Crippen molar-refractivity contribution in [2.24, 2.45) is 0 Å². The molecule has 0 saturated carbocycles. The second-order valence-corrected chi connectivity index (χ2v) is 4.26. The lowest BCUT2D eigenvalue weighted by molar-refractivity contribution is 0.715. The summed E-state index contributed by atoms with van der Waals surface area (Å²) in [6, 6.07) is 7.34. The van der Waals surface area contributed by atoms with Crippen LogP contribution in [-0.4, -0.2) is 22.6 Å². The fraction of sp³-hybridized carbons (Fsp3) is 0.231. The Bertz CT molecular complexity index is 740. The van der Waals surface area contributed by atoms with Crippen LogP contribution in [0.25, 0.3) is 16.7 Å². The smallest absolute Gasteiger partial charge is 0.316 e. The number of fused-ring (bicyclic) bond motifs is 1. The molecule has 0 radical (unpaired) electrons. The molecule has 0 atom stereocenters. The fourth-order valence-electron chi connectivity index (χ4n) is 2.26. The van der Waals surface area contributed by atoms with E-state index in [-0.39, 0.29) is 0 Å². The first-order chi connectivity index (χ1) is 8.77. The third-order valence-corrected chi connectivity index (χ3v) is 3.12. The molecular formula is C13H13N3O2. The van der Waals surface area contributed by atoms with Crippen LogP contribution in [0.5, 0.6) is 0 Å². The minimum Gasteiger partial charge on any atom is -0.316 e. The molecule has 1 aliphatic rings. The number of rotatable bonds is 1. The maximum atomic E-state index is 12.0. The van der Waals surface area contributed by atoms with Crippen molar-refractivity contribution in [3.63, 3.8) is 0 Å². The van der Waals surface area contributed by atoms with Gasteiger partial charge in [0, 0.05) is 25.2 Å². The van der Waals surface area contributed by atoms with Crippen molar-refractivity contribution >= 4 is 16.7 Å². The average molecular weight is 243 g/mol. The van der Waals surface area contributed by atoms with Gasteiger partial charge in [-0.3, -0.25) is 14.2 Å². The lowest BCUT2D eigenvalue weighted by Crippen LogP contribution is -2.37. The summed E-state index contributed by atoms with van der Waals surface area (Å²) < 4.78 is 1.52. The lowest BCUT2D eigenvalue weighted by atomic mass is 10.2. The molecule has 1 aromatic heterocycles. The van der Waals surface area contributed by atoms with Crippen LogP contribution in [0.3, 0.4) is 0 Å². The topological polar surface area (TPSA) is 66.9 Å². The number of H-pyrrole nitrogens is 1. The van der Waals surface area contributed by atoms with E-state index in [0.29, 0.717) is 5.52 Å². The van der Waals surface area contributed by atoms with Gasteiger partial charge in [0.2, 0.25) is 0 Å². The molecule has 0 amide bonds. The highest BCUT2D eigenvalue weighted by atomic mass is 16.2. The normalized spacial score (nSPS) is 15.7. The van der Waals surface area contributed by atoms with Crippen LogP contribution in [0, 0.1) is 0 Å². The van der Waals surface area contributed by atoms with E-state index in [2.05, 4.69) is 10.3 Å². The molecule has 2 N–H and O–H groups in total. The molecule has 2 aromatic rings. The molecule has 1 aliphatic heterocycles. The highest BCUT2D eigenvalue weighted by molar-refractivity contribution is 5.78. The van der Waals surface area contributed by atoms with Crippen LogP contribution in [0.15, 0.2) is 39.9 Å². The monoisotopic (exact) mass is 243 g/mol. The summed E-state index contributed by atoms with van der Waals surface area (Å²) in [5.74, 6) is 0. The highest BCUT2D eigenvalue weighted by Gasteiger charge is 2.12. The Morgan fingerprint density at radius 3 is 2.78 bits per heavy atom. The van der Waals surface area contributed by atoms with E-state index >= 15 is 0 Å². The fourth-order valence-corrected chi connectivity index (χ4v) is 2.26. The lowest BCUT2D eigenvalue weighted by Gasteiger charge is -2.17. The Kier molecular flexibility index (Phi) is 2.60. The number of aromatic nitrogens is 2. The number of benzene rings is 1. The van der Waals surface area contributed by atoms with Gasteiger partial charge in [-0.2, -0.15) is 0 Å². The van der Waals surface area contributed by atoms with Gasteiger partial charge in [0.1, 0.15) is 0 Å². The van der Waals surface area contributed by atoms with Crippen LogP contribution in [0.1, 0.15) is 6.42 Å². The Hall–Kier alpha value is -2.14. The zero-order valence-electron chi connectivity index (χ0n) is 9.77. The number of hydrogen-bond donors (Lipinski definition) is 2. The summed E-state index contributed by atoms with van der Waals surface area (Å²) in [7, 11) is 0. The molecule has 2 heterocycles. The van der Waals surface area contributed by atoms with Crippen molar-refractivity contribution in [1.29, 1.82) is 0 Å². The summed E-state index contributed by atoms with van der Waals surface area (Å²) in [4.78, 5) is 26.3. The van der Waals surface area contributed by atoms with E-state index in [9.17, 15) is 9.59 Å². The zero-order valence-corrected chi connectivity index (χ0v) is 9.77. The van der Waals surface area contributed by atoms with Crippen LogP contribution in [0.4, 0.5) is 0 Å². The number of hydrogen-bond acceptors (Lipinski definition) is 3.